The second-order valence-corrected chi connectivity index (χ2v) is 10.2. The Hall–Kier alpha value is -2.92. The minimum Gasteiger partial charge on any atom is -0.346 e. The number of imidazole rings is 1. The van der Waals surface area contributed by atoms with Crippen molar-refractivity contribution < 1.29 is 21.6 Å². The Morgan fingerprint density at radius 2 is 1.91 bits per heavy atom. The number of hydrogen-bond donors (Lipinski definition) is 2. The number of H-pyrrole nitrogens is 1. The molecular formula is C22H22F3N5O2S. The van der Waals surface area contributed by atoms with Crippen LogP contribution in [0, 0.1) is 6.92 Å². The fourth-order valence-corrected chi connectivity index (χ4v) is 6.08. The fourth-order valence-electron chi connectivity index (χ4n) is 4.73. The summed E-state index contributed by atoms with van der Waals surface area (Å²) in [5.41, 5.74) is 1.33. The molecule has 1 aromatic carbocycles. The predicted octanol–water partition coefficient (Wildman–Crippen LogP) is 4.30. The lowest BCUT2D eigenvalue weighted by Crippen LogP contribution is -2.35. The molecule has 1 fully saturated rings. The first-order chi connectivity index (χ1) is 15.6. The topological polar surface area (TPSA) is 92.7 Å². The third-order valence-electron chi connectivity index (χ3n) is 6.15. The van der Waals surface area contributed by atoms with Gasteiger partial charge in [0.05, 0.1) is 17.0 Å². The van der Waals surface area contributed by atoms with E-state index >= 15 is 0 Å². The maximum absolute atomic E-state index is 13.4. The molecule has 0 amide bonds. The van der Waals surface area contributed by atoms with Gasteiger partial charge >= 0.3 is 6.18 Å². The molecule has 2 unspecified atom stereocenters. The number of fused-ring (bicyclic) bond motifs is 3. The van der Waals surface area contributed by atoms with Gasteiger partial charge in [0.2, 0.25) is 9.84 Å². The van der Waals surface area contributed by atoms with Crippen molar-refractivity contribution in [1.29, 1.82) is 0 Å². The highest BCUT2D eigenvalue weighted by atomic mass is 32.2. The van der Waals surface area contributed by atoms with E-state index in [9.17, 15) is 21.6 Å². The molecule has 0 radical (unpaired) electrons. The lowest BCUT2D eigenvalue weighted by Gasteiger charge is -2.18. The smallest absolute Gasteiger partial charge is 0.346 e. The molecule has 7 nitrogen and oxygen atoms in total. The first-order valence-electron chi connectivity index (χ1n) is 10.6. The molecule has 1 aliphatic rings. The van der Waals surface area contributed by atoms with Crippen LogP contribution in [0.2, 0.25) is 0 Å². The first-order valence-corrected chi connectivity index (χ1v) is 12.1. The Labute approximate surface area is 188 Å². The average Bonchev–Trinajstić information content (AvgIpc) is 3.49. The van der Waals surface area contributed by atoms with Gasteiger partial charge in [0.1, 0.15) is 17.0 Å². The minimum absolute atomic E-state index is 0.103. The van der Waals surface area contributed by atoms with E-state index in [0.717, 1.165) is 5.39 Å². The molecule has 4 aromatic rings. The number of benzene rings is 1. The number of aromatic nitrogens is 4. The molecule has 2 N–H and O–H groups in total. The van der Waals surface area contributed by atoms with E-state index in [4.69, 9.17) is 0 Å². The average molecular weight is 478 g/mol. The highest BCUT2D eigenvalue weighted by Gasteiger charge is 2.34. The first kappa shape index (κ1) is 21.9. The van der Waals surface area contributed by atoms with Crippen LogP contribution in [-0.2, 0) is 9.84 Å². The summed E-state index contributed by atoms with van der Waals surface area (Å²) in [5, 5.41) is 3.19. The third kappa shape index (κ3) is 3.89. The summed E-state index contributed by atoms with van der Waals surface area (Å²) < 4.78 is 66.8. The highest BCUT2D eigenvalue weighted by molar-refractivity contribution is 7.91. The molecule has 5 rings (SSSR count). The zero-order valence-electron chi connectivity index (χ0n) is 17.7. The van der Waals surface area contributed by atoms with Gasteiger partial charge in [-0.15, -0.1) is 0 Å². The quantitative estimate of drug-likeness (QED) is 0.447. The summed E-state index contributed by atoms with van der Waals surface area (Å²) in [6.07, 6.45) is -0.824. The minimum atomic E-state index is -4.26. The van der Waals surface area contributed by atoms with Gasteiger partial charge < -0.3 is 14.9 Å². The van der Waals surface area contributed by atoms with Gasteiger partial charge in [-0.25, -0.2) is 18.4 Å². The fraction of sp³-hybridized carbons (Fsp3) is 0.364. The SMILES string of the molecule is Cc1nc2c(S(=O)(=O)c3ccccc3)nc3[nH]ccc3c2n1C1CCC(NCC(F)(F)F)C1. The highest BCUT2D eigenvalue weighted by Crippen LogP contribution is 2.38. The Bertz CT molecular complexity index is 1430. The van der Waals surface area contributed by atoms with Crippen LogP contribution < -0.4 is 5.32 Å². The Kier molecular flexibility index (Phi) is 5.20. The standard InChI is InChI=1S/C22H22F3N5O2S/c1-13-28-18-19(30(13)15-8-7-14(11-15)27-12-22(23,24)25)17-9-10-26-20(17)29-21(18)33(31,32)16-5-3-2-4-6-16/h2-6,9-10,14-15,27H,7-8,11-12H2,1H3,(H,26,29). The number of rotatable bonds is 5. The molecule has 174 valence electrons. The summed E-state index contributed by atoms with van der Waals surface area (Å²) in [7, 11) is -3.94. The molecule has 0 bridgehead atoms. The summed E-state index contributed by atoms with van der Waals surface area (Å²) in [6.45, 7) is 0.757. The van der Waals surface area contributed by atoms with E-state index in [1.807, 2.05) is 10.6 Å². The Balaban J connectivity index is 1.62. The van der Waals surface area contributed by atoms with E-state index in [1.165, 1.54) is 12.1 Å². The number of hydrogen-bond acceptors (Lipinski definition) is 5. The van der Waals surface area contributed by atoms with Gasteiger partial charge in [0.15, 0.2) is 5.03 Å². The second kappa shape index (κ2) is 7.84. The van der Waals surface area contributed by atoms with Crippen molar-refractivity contribution in [2.24, 2.45) is 0 Å². The van der Waals surface area contributed by atoms with Crippen molar-refractivity contribution >= 4 is 31.9 Å². The van der Waals surface area contributed by atoms with Gasteiger partial charge in [0.25, 0.3) is 0 Å². The van der Waals surface area contributed by atoms with Crippen molar-refractivity contribution in [3.63, 3.8) is 0 Å². The summed E-state index contributed by atoms with van der Waals surface area (Å²) in [4.78, 5) is 12.1. The number of nitrogens with zero attached hydrogens (tertiary/aromatic N) is 3. The molecule has 0 spiro atoms. The molecule has 1 aliphatic carbocycles. The molecule has 33 heavy (non-hydrogen) atoms. The van der Waals surface area contributed by atoms with E-state index in [0.29, 0.717) is 36.3 Å². The van der Waals surface area contributed by atoms with Crippen molar-refractivity contribution in [3.05, 3.63) is 48.4 Å². The van der Waals surface area contributed by atoms with Gasteiger partial charge in [-0.05, 0) is 44.4 Å². The van der Waals surface area contributed by atoms with Crippen molar-refractivity contribution in [2.45, 2.75) is 54.4 Å². The van der Waals surface area contributed by atoms with Gasteiger partial charge in [-0.3, -0.25) is 0 Å². The second-order valence-electron chi connectivity index (χ2n) is 8.36. The Morgan fingerprint density at radius 1 is 1.15 bits per heavy atom. The Morgan fingerprint density at radius 3 is 2.64 bits per heavy atom. The van der Waals surface area contributed by atoms with E-state index in [2.05, 4.69) is 20.3 Å². The monoisotopic (exact) mass is 477 g/mol. The van der Waals surface area contributed by atoms with E-state index in [-0.39, 0.29) is 27.5 Å². The van der Waals surface area contributed by atoms with E-state index < -0.39 is 22.6 Å². The number of aryl methyl sites for hydroxylation is 1. The molecule has 3 aromatic heterocycles. The molecular weight excluding hydrogens is 455 g/mol. The summed E-state index contributed by atoms with van der Waals surface area (Å²) in [6, 6.07) is 9.49. The molecule has 1 saturated carbocycles. The number of sulfone groups is 1. The van der Waals surface area contributed by atoms with Gasteiger partial charge in [0, 0.05) is 23.7 Å². The zero-order valence-corrected chi connectivity index (χ0v) is 18.5. The molecule has 3 heterocycles. The van der Waals surface area contributed by atoms with E-state index in [1.54, 1.807) is 31.3 Å². The maximum atomic E-state index is 13.4. The lowest BCUT2D eigenvalue weighted by atomic mass is 10.2. The summed E-state index contributed by atoms with van der Waals surface area (Å²) in [5.74, 6) is 0.603. The number of alkyl halides is 3. The van der Waals surface area contributed by atoms with Crippen LogP contribution >= 0.6 is 0 Å². The summed E-state index contributed by atoms with van der Waals surface area (Å²) >= 11 is 0. The van der Waals surface area contributed by atoms with Crippen LogP contribution in [0.25, 0.3) is 22.1 Å². The number of aromatic amines is 1. The maximum Gasteiger partial charge on any atom is 0.401 e. The molecule has 2 atom stereocenters. The number of halogens is 3. The van der Waals surface area contributed by atoms with Crippen LogP contribution in [0.1, 0.15) is 31.1 Å². The normalized spacial score (nSPS) is 19.6. The molecule has 0 aliphatic heterocycles. The van der Waals surface area contributed by atoms with Crippen molar-refractivity contribution in [2.75, 3.05) is 6.54 Å². The molecule has 0 saturated heterocycles. The van der Waals surface area contributed by atoms with Crippen molar-refractivity contribution in [1.82, 2.24) is 24.8 Å². The predicted molar refractivity (Wildman–Crippen MR) is 117 cm³/mol. The van der Waals surface area contributed by atoms with Crippen LogP contribution in [0.5, 0.6) is 0 Å². The molecule has 11 heteroatoms. The van der Waals surface area contributed by atoms with Crippen LogP contribution in [0.15, 0.2) is 52.5 Å². The lowest BCUT2D eigenvalue weighted by molar-refractivity contribution is -0.126. The van der Waals surface area contributed by atoms with Gasteiger partial charge in [-0.1, -0.05) is 18.2 Å². The third-order valence-corrected chi connectivity index (χ3v) is 7.84. The van der Waals surface area contributed by atoms with Crippen molar-refractivity contribution in [3.8, 4) is 0 Å². The zero-order chi connectivity index (χ0) is 23.4. The van der Waals surface area contributed by atoms with Gasteiger partial charge in [-0.2, -0.15) is 13.2 Å². The number of nitrogens with one attached hydrogen (secondary N) is 2. The number of pyridine rings is 1. The van der Waals surface area contributed by atoms with Crippen LogP contribution in [0.4, 0.5) is 13.2 Å². The largest absolute Gasteiger partial charge is 0.401 e. The van der Waals surface area contributed by atoms with Crippen LogP contribution in [-0.4, -0.2) is 46.7 Å². The van der Waals surface area contributed by atoms with Crippen LogP contribution in [0.3, 0.4) is 0 Å².